The van der Waals surface area contributed by atoms with Gasteiger partial charge in [-0.15, -0.1) is 0 Å². The summed E-state index contributed by atoms with van der Waals surface area (Å²) in [4.78, 5) is 31.1. The van der Waals surface area contributed by atoms with E-state index in [1.165, 1.54) is 6.08 Å². The molecule has 0 bridgehead atoms. The van der Waals surface area contributed by atoms with E-state index in [2.05, 4.69) is 20.4 Å². The van der Waals surface area contributed by atoms with E-state index in [1.54, 1.807) is 0 Å². The van der Waals surface area contributed by atoms with E-state index < -0.39 is 17.8 Å². The lowest BCUT2D eigenvalue weighted by Crippen LogP contribution is -2.39. The molecule has 30 heavy (non-hydrogen) atoms. The molecule has 1 aliphatic heterocycles. The summed E-state index contributed by atoms with van der Waals surface area (Å²) in [5.41, 5.74) is 2.74. The van der Waals surface area contributed by atoms with E-state index >= 15 is 0 Å². The Morgan fingerprint density at radius 2 is 2.00 bits per heavy atom. The van der Waals surface area contributed by atoms with E-state index in [9.17, 15) is 9.59 Å². The Morgan fingerprint density at radius 1 is 1.30 bits per heavy atom. The second-order valence-electron chi connectivity index (χ2n) is 9.13. The molecule has 2 atom stereocenters. The molecule has 5 heteroatoms. The van der Waals surface area contributed by atoms with Crippen LogP contribution in [0.25, 0.3) is 0 Å². The number of rotatable bonds is 6. The molecule has 1 aliphatic carbocycles. The summed E-state index contributed by atoms with van der Waals surface area (Å²) in [6.45, 7) is 13.7. The first-order valence-electron chi connectivity index (χ1n) is 10.5. The SMILES string of the molecule is C=CCOC(=O)C1C(C)=NC2=C(C(=O)CC(C)(C)C2)[C@@H]1c1ccccc1OC(C)C. The molecule has 0 spiro atoms. The molecule has 160 valence electrons. The third kappa shape index (κ3) is 4.40. The normalized spacial score (nSPS) is 23.0. The zero-order valence-electron chi connectivity index (χ0n) is 18.5. The summed E-state index contributed by atoms with van der Waals surface area (Å²) in [7, 11) is 0. The number of ketones is 1. The minimum absolute atomic E-state index is 0.0369. The van der Waals surface area contributed by atoms with Crippen molar-refractivity contribution in [1.82, 2.24) is 0 Å². The molecule has 0 amide bonds. The molecular formula is C25H31NO4. The highest BCUT2D eigenvalue weighted by atomic mass is 16.5. The zero-order chi connectivity index (χ0) is 22.1. The summed E-state index contributed by atoms with van der Waals surface area (Å²) < 4.78 is 11.5. The van der Waals surface area contributed by atoms with Gasteiger partial charge in [0.1, 0.15) is 18.3 Å². The summed E-state index contributed by atoms with van der Waals surface area (Å²) >= 11 is 0. The van der Waals surface area contributed by atoms with Crippen LogP contribution in [-0.2, 0) is 14.3 Å². The average molecular weight is 410 g/mol. The third-order valence-electron chi connectivity index (χ3n) is 5.52. The molecule has 0 radical (unpaired) electrons. The second-order valence-corrected chi connectivity index (χ2v) is 9.13. The van der Waals surface area contributed by atoms with E-state index in [4.69, 9.17) is 14.5 Å². The molecule has 0 saturated heterocycles. The third-order valence-corrected chi connectivity index (χ3v) is 5.52. The van der Waals surface area contributed by atoms with E-state index in [1.807, 2.05) is 45.0 Å². The number of hydrogen-bond donors (Lipinski definition) is 0. The van der Waals surface area contributed by atoms with Gasteiger partial charge < -0.3 is 9.47 Å². The molecule has 5 nitrogen and oxygen atoms in total. The Kier molecular flexibility index (Phi) is 6.30. The monoisotopic (exact) mass is 409 g/mol. The van der Waals surface area contributed by atoms with Crippen molar-refractivity contribution in [3.05, 3.63) is 53.8 Å². The first kappa shape index (κ1) is 22.0. The van der Waals surface area contributed by atoms with Gasteiger partial charge >= 0.3 is 5.97 Å². The lowest BCUT2D eigenvalue weighted by atomic mass is 9.66. The molecule has 1 unspecified atom stereocenters. The van der Waals surface area contributed by atoms with Crippen LogP contribution < -0.4 is 4.74 Å². The fourth-order valence-corrected chi connectivity index (χ4v) is 4.42. The maximum Gasteiger partial charge on any atom is 0.315 e. The smallest absolute Gasteiger partial charge is 0.315 e. The summed E-state index contributed by atoms with van der Waals surface area (Å²) in [6.07, 6.45) is 2.63. The number of Topliss-reactive ketones (excluding diaryl/α,β-unsaturated/α-hetero) is 1. The van der Waals surface area contributed by atoms with Gasteiger partial charge in [-0.05, 0) is 38.7 Å². The van der Waals surface area contributed by atoms with Crippen LogP contribution in [0.4, 0.5) is 0 Å². The molecule has 2 aliphatic rings. The zero-order valence-corrected chi connectivity index (χ0v) is 18.5. The Labute approximate surface area is 178 Å². The molecule has 0 fully saturated rings. The molecule has 1 aromatic rings. The van der Waals surface area contributed by atoms with Crippen molar-refractivity contribution in [2.24, 2.45) is 16.3 Å². The number of para-hydroxylation sites is 1. The minimum Gasteiger partial charge on any atom is -0.491 e. The number of aliphatic imine (C=N–C) groups is 1. The van der Waals surface area contributed by atoms with Gasteiger partial charge in [0.05, 0.1) is 6.10 Å². The van der Waals surface area contributed by atoms with Crippen LogP contribution in [0.15, 0.2) is 53.2 Å². The quantitative estimate of drug-likeness (QED) is 0.489. The molecule has 0 aromatic heterocycles. The van der Waals surface area contributed by atoms with Crippen molar-refractivity contribution >= 4 is 17.5 Å². The Bertz CT molecular complexity index is 923. The van der Waals surface area contributed by atoms with Crippen molar-refractivity contribution in [3.8, 4) is 5.75 Å². The Hall–Kier alpha value is -2.69. The molecule has 3 rings (SSSR count). The first-order valence-corrected chi connectivity index (χ1v) is 10.5. The summed E-state index contributed by atoms with van der Waals surface area (Å²) in [5, 5.41) is 0. The number of carbonyl (C=O) groups excluding carboxylic acids is 2. The summed E-state index contributed by atoms with van der Waals surface area (Å²) in [5.74, 6) is -0.828. The number of allylic oxidation sites excluding steroid dienone is 2. The van der Waals surface area contributed by atoms with Crippen molar-refractivity contribution in [3.63, 3.8) is 0 Å². The van der Waals surface area contributed by atoms with Gasteiger partial charge in [-0.25, -0.2) is 0 Å². The fourth-order valence-electron chi connectivity index (χ4n) is 4.42. The molecule has 1 aromatic carbocycles. The maximum atomic E-state index is 13.3. The van der Waals surface area contributed by atoms with Gasteiger partial charge in [-0.3, -0.25) is 14.6 Å². The molecule has 0 saturated carbocycles. The van der Waals surface area contributed by atoms with Crippen LogP contribution in [-0.4, -0.2) is 30.2 Å². The number of carbonyl (C=O) groups is 2. The van der Waals surface area contributed by atoms with Crippen molar-refractivity contribution in [1.29, 1.82) is 0 Å². The highest BCUT2D eigenvalue weighted by molar-refractivity contribution is 6.09. The van der Waals surface area contributed by atoms with Crippen molar-refractivity contribution in [2.75, 3.05) is 6.61 Å². The number of ether oxygens (including phenoxy) is 2. The topological polar surface area (TPSA) is 65.0 Å². The predicted molar refractivity (Wildman–Crippen MR) is 118 cm³/mol. The van der Waals surface area contributed by atoms with E-state index in [0.29, 0.717) is 29.9 Å². The van der Waals surface area contributed by atoms with Gasteiger partial charge in [0.2, 0.25) is 0 Å². The Morgan fingerprint density at radius 3 is 2.67 bits per heavy atom. The molecule has 1 heterocycles. The van der Waals surface area contributed by atoms with Crippen LogP contribution in [0.2, 0.25) is 0 Å². The molecular weight excluding hydrogens is 378 g/mol. The fraction of sp³-hybridized carbons (Fsp3) is 0.480. The highest BCUT2D eigenvalue weighted by Gasteiger charge is 2.46. The highest BCUT2D eigenvalue weighted by Crippen LogP contribution is 2.49. The van der Waals surface area contributed by atoms with Crippen molar-refractivity contribution < 1.29 is 19.1 Å². The number of nitrogens with zero attached hydrogens (tertiary/aromatic N) is 1. The standard InChI is InChI=1S/C25H31NO4/c1-7-12-29-24(28)21-16(4)26-18-13-25(5,6)14-19(27)23(18)22(21)17-10-8-9-11-20(17)30-15(2)3/h7-11,15,21-22H,1,12-14H2,2-6H3/t21?,22-/m1/s1. The van der Waals surface area contributed by atoms with E-state index in [-0.39, 0.29) is 23.9 Å². The van der Waals surface area contributed by atoms with Crippen LogP contribution >= 0.6 is 0 Å². The number of benzene rings is 1. The van der Waals surface area contributed by atoms with E-state index in [0.717, 1.165) is 11.3 Å². The van der Waals surface area contributed by atoms with Gasteiger partial charge in [0.25, 0.3) is 0 Å². The minimum atomic E-state index is -0.675. The van der Waals surface area contributed by atoms with Crippen LogP contribution in [0, 0.1) is 11.3 Å². The number of esters is 1. The van der Waals surface area contributed by atoms with Crippen molar-refractivity contribution in [2.45, 2.75) is 59.5 Å². The average Bonchev–Trinajstić information content (AvgIpc) is 2.64. The van der Waals surface area contributed by atoms with Gasteiger partial charge in [-0.2, -0.15) is 0 Å². The largest absolute Gasteiger partial charge is 0.491 e. The maximum absolute atomic E-state index is 13.3. The summed E-state index contributed by atoms with van der Waals surface area (Å²) in [6, 6.07) is 7.64. The van der Waals surface area contributed by atoms with Gasteiger partial charge in [-0.1, -0.05) is 44.7 Å². The second kappa shape index (κ2) is 8.58. The number of hydrogen-bond acceptors (Lipinski definition) is 5. The first-order chi connectivity index (χ1) is 14.1. The van der Waals surface area contributed by atoms with Crippen LogP contribution in [0.5, 0.6) is 5.75 Å². The lowest BCUT2D eigenvalue weighted by molar-refractivity contribution is -0.145. The van der Waals surface area contributed by atoms with Crippen LogP contribution in [0.1, 0.15) is 58.9 Å². The predicted octanol–water partition coefficient (Wildman–Crippen LogP) is 5.02. The lowest BCUT2D eigenvalue weighted by Gasteiger charge is -2.39. The molecule has 0 N–H and O–H groups in total. The van der Waals surface area contributed by atoms with Gasteiger partial charge in [0, 0.05) is 34.9 Å². The van der Waals surface area contributed by atoms with Crippen LogP contribution in [0.3, 0.4) is 0 Å². The van der Waals surface area contributed by atoms with Gasteiger partial charge in [0.15, 0.2) is 5.78 Å². The Balaban J connectivity index is 2.19.